The van der Waals surface area contributed by atoms with Crippen LogP contribution in [0.15, 0.2) is 46.6 Å². The number of hydrogen-bond acceptors (Lipinski definition) is 6. The molecule has 2 rings (SSSR count). The zero-order valence-electron chi connectivity index (χ0n) is 14.0. The first-order valence-corrected chi connectivity index (χ1v) is 7.55. The first-order chi connectivity index (χ1) is 12.5. The number of methoxy groups -OCH3 is 1. The minimum atomic E-state index is -0.615. The normalized spacial score (nSPS) is 10.7. The summed E-state index contributed by atoms with van der Waals surface area (Å²) in [5, 5.41) is 11.8. The number of nitrogens with two attached hydrogens (primary N) is 1. The molecule has 2 amide bonds. The smallest absolute Gasteiger partial charge is 0.262 e. The summed E-state index contributed by atoms with van der Waals surface area (Å²) in [5.74, 6) is 0.0960. The number of carbonyl (C=O) groups is 2. The van der Waals surface area contributed by atoms with Crippen molar-refractivity contribution in [3.8, 4) is 17.6 Å². The average Bonchev–Trinajstić information content (AvgIpc) is 3.16. The first kappa shape index (κ1) is 18.6. The second kappa shape index (κ2) is 8.94. The van der Waals surface area contributed by atoms with Crippen LogP contribution in [0.3, 0.4) is 0 Å². The van der Waals surface area contributed by atoms with Crippen LogP contribution in [0.1, 0.15) is 11.3 Å². The Morgan fingerprint density at radius 1 is 1.35 bits per heavy atom. The molecule has 0 saturated heterocycles. The summed E-state index contributed by atoms with van der Waals surface area (Å²) in [6.45, 7) is -0.113. The van der Waals surface area contributed by atoms with E-state index in [1.165, 1.54) is 19.4 Å². The maximum absolute atomic E-state index is 12.1. The number of furan rings is 1. The Bertz CT molecular complexity index is 850. The molecule has 0 spiro atoms. The molecule has 0 fully saturated rings. The Labute approximate surface area is 149 Å². The number of nitrogens with one attached hydrogen (secondary N) is 1. The van der Waals surface area contributed by atoms with Gasteiger partial charge in [-0.15, -0.1) is 0 Å². The predicted molar refractivity (Wildman–Crippen MR) is 91.8 cm³/mol. The Morgan fingerprint density at radius 3 is 2.77 bits per heavy atom. The van der Waals surface area contributed by atoms with Crippen molar-refractivity contribution < 1.29 is 23.5 Å². The number of primary amides is 1. The summed E-state index contributed by atoms with van der Waals surface area (Å²) in [5.41, 5.74) is 5.52. The van der Waals surface area contributed by atoms with Gasteiger partial charge in [0.15, 0.2) is 18.1 Å². The van der Waals surface area contributed by atoms with Crippen molar-refractivity contribution >= 4 is 17.9 Å². The number of carbonyl (C=O) groups excluding carboxylic acids is 2. The van der Waals surface area contributed by atoms with E-state index < -0.39 is 11.8 Å². The number of nitriles is 1. The Hall–Kier alpha value is -3.73. The van der Waals surface area contributed by atoms with E-state index in [9.17, 15) is 14.9 Å². The molecular formula is C18H17N3O5. The van der Waals surface area contributed by atoms with Crippen molar-refractivity contribution in [3.63, 3.8) is 0 Å². The third kappa shape index (κ3) is 5.14. The van der Waals surface area contributed by atoms with Crippen molar-refractivity contribution in [2.75, 3.05) is 13.7 Å². The lowest BCUT2D eigenvalue weighted by Crippen LogP contribution is -2.23. The standard InChI is InChI=1S/C18H17N3O5/c1-24-16-8-12(4-5-15(16)26-11-17(20)22)7-13(9-19)18(23)21-10-14-3-2-6-25-14/h2-8H,10-11H2,1H3,(H2,20,22)(H,21,23). The fraction of sp³-hybridized carbons (Fsp3) is 0.167. The highest BCUT2D eigenvalue weighted by Gasteiger charge is 2.11. The molecule has 1 aromatic carbocycles. The number of hydrogen-bond donors (Lipinski definition) is 2. The molecule has 1 heterocycles. The van der Waals surface area contributed by atoms with E-state index in [0.29, 0.717) is 22.8 Å². The zero-order valence-corrected chi connectivity index (χ0v) is 14.0. The van der Waals surface area contributed by atoms with Gasteiger partial charge < -0.3 is 24.9 Å². The third-order valence-corrected chi connectivity index (χ3v) is 3.24. The molecule has 8 nitrogen and oxygen atoms in total. The number of benzene rings is 1. The van der Waals surface area contributed by atoms with E-state index in [-0.39, 0.29) is 18.7 Å². The lowest BCUT2D eigenvalue weighted by molar-refractivity contribution is -0.120. The molecule has 0 aliphatic rings. The molecular weight excluding hydrogens is 338 g/mol. The molecule has 0 bridgehead atoms. The highest BCUT2D eigenvalue weighted by atomic mass is 16.5. The maximum atomic E-state index is 12.1. The van der Waals surface area contributed by atoms with Gasteiger partial charge in [0.05, 0.1) is 19.9 Å². The van der Waals surface area contributed by atoms with Crippen LogP contribution in [0.5, 0.6) is 11.5 Å². The molecule has 8 heteroatoms. The van der Waals surface area contributed by atoms with Crippen LogP contribution >= 0.6 is 0 Å². The minimum absolute atomic E-state index is 0.0792. The second-order valence-corrected chi connectivity index (χ2v) is 5.10. The number of ether oxygens (including phenoxy) is 2. The number of amides is 2. The molecule has 0 unspecified atom stereocenters. The highest BCUT2D eigenvalue weighted by molar-refractivity contribution is 6.01. The van der Waals surface area contributed by atoms with Crippen molar-refractivity contribution in [2.24, 2.45) is 5.73 Å². The second-order valence-electron chi connectivity index (χ2n) is 5.10. The molecule has 134 valence electrons. The van der Waals surface area contributed by atoms with Crippen LogP contribution in [0.4, 0.5) is 0 Å². The summed E-state index contributed by atoms with van der Waals surface area (Å²) in [6.07, 6.45) is 2.91. The molecule has 0 saturated carbocycles. The van der Waals surface area contributed by atoms with Gasteiger partial charge in [0.1, 0.15) is 17.4 Å². The van der Waals surface area contributed by atoms with Gasteiger partial charge in [0.2, 0.25) is 0 Å². The van der Waals surface area contributed by atoms with Crippen molar-refractivity contribution in [3.05, 3.63) is 53.5 Å². The van der Waals surface area contributed by atoms with E-state index in [0.717, 1.165) is 0 Å². The molecule has 0 aliphatic heterocycles. The number of rotatable bonds is 8. The molecule has 1 aromatic heterocycles. The Balaban J connectivity index is 2.13. The number of nitrogens with zero attached hydrogens (tertiary/aromatic N) is 1. The highest BCUT2D eigenvalue weighted by Crippen LogP contribution is 2.28. The van der Waals surface area contributed by atoms with Crippen molar-refractivity contribution in [1.29, 1.82) is 5.26 Å². The van der Waals surface area contributed by atoms with Gasteiger partial charge in [0, 0.05) is 0 Å². The molecule has 2 aromatic rings. The summed E-state index contributed by atoms with van der Waals surface area (Å²) in [4.78, 5) is 22.9. The predicted octanol–water partition coefficient (Wildman–Crippen LogP) is 1.38. The van der Waals surface area contributed by atoms with Gasteiger partial charge in [-0.05, 0) is 35.9 Å². The lowest BCUT2D eigenvalue weighted by Gasteiger charge is -2.10. The van der Waals surface area contributed by atoms with Crippen LogP contribution in [0, 0.1) is 11.3 Å². The SMILES string of the molecule is COc1cc(C=C(C#N)C(=O)NCc2ccco2)ccc1OCC(N)=O. The van der Waals surface area contributed by atoms with Crippen LogP contribution in [0.25, 0.3) is 6.08 Å². The fourth-order valence-corrected chi connectivity index (χ4v) is 2.03. The Morgan fingerprint density at radius 2 is 2.15 bits per heavy atom. The van der Waals surface area contributed by atoms with E-state index in [1.54, 1.807) is 30.3 Å². The first-order valence-electron chi connectivity index (χ1n) is 7.55. The summed E-state index contributed by atoms with van der Waals surface area (Å²) >= 11 is 0. The van der Waals surface area contributed by atoms with Gasteiger partial charge in [-0.2, -0.15) is 5.26 Å². The largest absolute Gasteiger partial charge is 0.493 e. The van der Waals surface area contributed by atoms with E-state index in [2.05, 4.69) is 5.32 Å². The minimum Gasteiger partial charge on any atom is -0.493 e. The average molecular weight is 355 g/mol. The summed E-state index contributed by atoms with van der Waals surface area (Å²) in [6, 6.07) is 10.0. The molecule has 0 aliphatic carbocycles. The van der Waals surface area contributed by atoms with Crippen LogP contribution < -0.4 is 20.5 Å². The van der Waals surface area contributed by atoms with Crippen LogP contribution in [0.2, 0.25) is 0 Å². The summed E-state index contributed by atoms with van der Waals surface area (Å²) < 4.78 is 15.5. The van der Waals surface area contributed by atoms with Gasteiger partial charge in [-0.25, -0.2) is 0 Å². The molecule has 26 heavy (non-hydrogen) atoms. The van der Waals surface area contributed by atoms with Crippen LogP contribution in [-0.4, -0.2) is 25.5 Å². The molecule has 3 N–H and O–H groups in total. The zero-order chi connectivity index (χ0) is 18.9. The quantitative estimate of drug-likeness (QED) is 0.544. The van der Waals surface area contributed by atoms with E-state index in [4.69, 9.17) is 19.6 Å². The van der Waals surface area contributed by atoms with Gasteiger partial charge in [-0.3, -0.25) is 9.59 Å². The Kier molecular flexibility index (Phi) is 6.40. The lowest BCUT2D eigenvalue weighted by atomic mass is 10.1. The summed E-state index contributed by atoms with van der Waals surface area (Å²) in [7, 11) is 1.43. The fourth-order valence-electron chi connectivity index (χ4n) is 2.03. The van der Waals surface area contributed by atoms with E-state index >= 15 is 0 Å². The topological polar surface area (TPSA) is 128 Å². The van der Waals surface area contributed by atoms with E-state index in [1.807, 2.05) is 6.07 Å². The molecule has 0 radical (unpaired) electrons. The maximum Gasteiger partial charge on any atom is 0.262 e. The van der Waals surface area contributed by atoms with Crippen molar-refractivity contribution in [1.82, 2.24) is 5.32 Å². The van der Waals surface area contributed by atoms with Gasteiger partial charge in [0.25, 0.3) is 11.8 Å². The van der Waals surface area contributed by atoms with Crippen LogP contribution in [-0.2, 0) is 16.1 Å². The van der Waals surface area contributed by atoms with Gasteiger partial charge >= 0.3 is 0 Å². The third-order valence-electron chi connectivity index (χ3n) is 3.24. The van der Waals surface area contributed by atoms with Crippen molar-refractivity contribution in [2.45, 2.75) is 6.54 Å². The molecule has 0 atom stereocenters. The monoisotopic (exact) mass is 355 g/mol. The van der Waals surface area contributed by atoms with Gasteiger partial charge in [-0.1, -0.05) is 6.07 Å².